The van der Waals surface area contributed by atoms with Gasteiger partial charge in [-0.15, -0.1) is 0 Å². The van der Waals surface area contributed by atoms with Gasteiger partial charge in [0, 0.05) is 61.7 Å². The van der Waals surface area contributed by atoms with E-state index in [9.17, 15) is 30.3 Å². The number of allylic oxidation sites excluding steroid dienone is 1. The van der Waals surface area contributed by atoms with Crippen molar-refractivity contribution in [2.24, 2.45) is 5.92 Å². The van der Waals surface area contributed by atoms with Crippen LogP contribution in [0.3, 0.4) is 0 Å². The Kier molecular flexibility index (Phi) is 9.37. The van der Waals surface area contributed by atoms with Crippen LogP contribution < -0.4 is 15.8 Å². The second-order valence-electron chi connectivity index (χ2n) is 11.5. The first-order chi connectivity index (χ1) is 21.7. The van der Waals surface area contributed by atoms with Gasteiger partial charge >= 0.3 is 0 Å². The maximum atomic E-state index is 11.6. The van der Waals surface area contributed by atoms with Crippen LogP contribution in [0, 0.1) is 36.3 Å². The number of nitrogens with zero attached hydrogens (tertiary/aromatic N) is 4. The van der Waals surface area contributed by atoms with Crippen LogP contribution in [0.2, 0.25) is 0 Å². The molecule has 4 aromatic rings. The van der Waals surface area contributed by atoms with E-state index in [0.717, 1.165) is 70.9 Å². The molecule has 0 aliphatic heterocycles. The standard InChI is InChI=1S/C34H33BN4O6/c1-36(2)32-11-7-6-10-31(32)33(24-8-4-3-5-9-24)34(25-12-18-28(19-13-25)37(40)41)35(26-14-20-29(21-15-26)38(42)43)27-16-22-30(23-17-27)39(44)45/h6-7,10-24H,3-5,8-9H2,1-2H3/b34-33-. The van der Waals surface area contributed by atoms with E-state index in [1.54, 1.807) is 36.4 Å². The number of anilines is 1. The Labute approximate surface area is 261 Å². The number of non-ortho nitro benzene ring substituents is 3. The van der Waals surface area contributed by atoms with Crippen molar-refractivity contribution in [1.82, 2.24) is 0 Å². The van der Waals surface area contributed by atoms with Crippen LogP contribution in [-0.2, 0) is 0 Å². The number of nitro groups is 3. The molecule has 1 saturated carbocycles. The molecule has 10 nitrogen and oxygen atoms in total. The third-order valence-corrected chi connectivity index (χ3v) is 8.53. The fourth-order valence-corrected chi connectivity index (χ4v) is 6.41. The van der Waals surface area contributed by atoms with Crippen molar-refractivity contribution in [3.63, 3.8) is 0 Å². The molecule has 0 heterocycles. The van der Waals surface area contributed by atoms with Crippen molar-refractivity contribution >= 4 is 51.4 Å². The van der Waals surface area contributed by atoms with Crippen LogP contribution in [0.4, 0.5) is 22.7 Å². The van der Waals surface area contributed by atoms with Gasteiger partial charge in [0.25, 0.3) is 17.1 Å². The lowest BCUT2D eigenvalue weighted by Crippen LogP contribution is -2.44. The van der Waals surface area contributed by atoms with Gasteiger partial charge in [-0.05, 0) is 48.1 Å². The molecule has 0 aromatic heterocycles. The van der Waals surface area contributed by atoms with Crippen molar-refractivity contribution in [2.45, 2.75) is 32.1 Å². The van der Waals surface area contributed by atoms with Crippen LogP contribution in [-0.4, -0.2) is 35.6 Å². The second-order valence-corrected chi connectivity index (χ2v) is 11.5. The van der Waals surface area contributed by atoms with Crippen molar-refractivity contribution in [3.05, 3.63) is 139 Å². The van der Waals surface area contributed by atoms with Gasteiger partial charge in [-0.25, -0.2) is 0 Å². The number of benzene rings is 4. The highest BCUT2D eigenvalue weighted by molar-refractivity contribution is 7.00. The minimum absolute atomic E-state index is 0.0340. The molecule has 4 aromatic carbocycles. The number of para-hydroxylation sites is 1. The summed E-state index contributed by atoms with van der Waals surface area (Å²) < 4.78 is 0. The zero-order valence-electron chi connectivity index (χ0n) is 25.2. The molecule has 0 amide bonds. The molecule has 0 atom stereocenters. The largest absolute Gasteiger partial charge is 0.377 e. The van der Waals surface area contributed by atoms with Crippen LogP contribution in [0.1, 0.15) is 43.2 Å². The summed E-state index contributed by atoms with van der Waals surface area (Å²) in [6, 6.07) is 27.5. The van der Waals surface area contributed by atoms with Gasteiger partial charge in [-0.2, -0.15) is 0 Å². The van der Waals surface area contributed by atoms with E-state index in [-0.39, 0.29) is 23.0 Å². The monoisotopic (exact) mass is 604 g/mol. The average Bonchev–Trinajstić information content (AvgIpc) is 3.05. The van der Waals surface area contributed by atoms with Gasteiger partial charge in [0.2, 0.25) is 6.71 Å². The van der Waals surface area contributed by atoms with E-state index >= 15 is 0 Å². The minimum atomic E-state index is -0.500. The molecule has 0 radical (unpaired) electrons. The summed E-state index contributed by atoms with van der Waals surface area (Å²) >= 11 is 0. The summed E-state index contributed by atoms with van der Waals surface area (Å²) in [7, 11) is 3.99. The lowest BCUT2D eigenvalue weighted by Gasteiger charge is -2.33. The Morgan fingerprint density at radius 2 is 1.09 bits per heavy atom. The number of rotatable bonds is 10. The van der Waals surface area contributed by atoms with E-state index in [0.29, 0.717) is 0 Å². The molecule has 0 N–H and O–H groups in total. The molecule has 0 unspecified atom stereocenters. The Hall–Kier alpha value is -5.32. The van der Waals surface area contributed by atoms with Gasteiger partial charge in [0.05, 0.1) is 14.8 Å². The number of hydrogen-bond donors (Lipinski definition) is 0. The fourth-order valence-electron chi connectivity index (χ4n) is 6.41. The third kappa shape index (κ3) is 6.77. The Morgan fingerprint density at radius 1 is 0.644 bits per heavy atom. The smallest absolute Gasteiger partial charge is 0.269 e. The van der Waals surface area contributed by atoms with Crippen LogP contribution in [0.15, 0.2) is 97.1 Å². The van der Waals surface area contributed by atoms with Gasteiger partial charge < -0.3 is 4.90 Å². The summed E-state index contributed by atoms with van der Waals surface area (Å²) in [5.74, 6) is 0.170. The third-order valence-electron chi connectivity index (χ3n) is 8.53. The minimum Gasteiger partial charge on any atom is -0.377 e. The molecule has 1 fully saturated rings. The van der Waals surface area contributed by atoms with E-state index in [1.165, 1.54) is 36.4 Å². The molecule has 1 aliphatic rings. The Balaban J connectivity index is 1.90. The van der Waals surface area contributed by atoms with E-state index in [1.807, 2.05) is 26.2 Å². The van der Waals surface area contributed by atoms with E-state index in [4.69, 9.17) is 0 Å². The maximum Gasteiger partial charge on any atom is 0.269 e. The molecule has 5 rings (SSSR count). The van der Waals surface area contributed by atoms with Crippen molar-refractivity contribution in [2.75, 3.05) is 19.0 Å². The molecule has 1 aliphatic carbocycles. The first-order valence-corrected chi connectivity index (χ1v) is 14.9. The lowest BCUT2D eigenvalue weighted by molar-refractivity contribution is -0.385. The summed E-state index contributed by atoms with van der Waals surface area (Å²) in [4.78, 5) is 35.5. The molecule has 11 heteroatoms. The highest BCUT2D eigenvalue weighted by Crippen LogP contribution is 2.44. The quantitative estimate of drug-likeness (QED) is 0.0840. The molecule has 0 bridgehead atoms. The molecular formula is C34H33BN4O6. The van der Waals surface area contributed by atoms with Crippen molar-refractivity contribution in [1.29, 1.82) is 0 Å². The SMILES string of the molecule is CN(C)c1ccccc1/C(=C(\B(c1ccc([N+](=O)[O-])cc1)c1ccc([N+](=O)[O-])cc1)c1ccc([N+](=O)[O-])cc1)C1CCCCC1. The highest BCUT2D eigenvalue weighted by atomic mass is 16.6. The second kappa shape index (κ2) is 13.5. The van der Waals surface area contributed by atoms with Gasteiger partial charge in [-0.3, -0.25) is 30.3 Å². The molecule has 228 valence electrons. The number of nitro benzene ring substituents is 3. The number of hydrogen-bond acceptors (Lipinski definition) is 7. The van der Waals surface area contributed by atoms with Crippen LogP contribution >= 0.6 is 0 Å². The summed E-state index contributed by atoms with van der Waals surface area (Å²) in [6.07, 6.45) is 5.18. The van der Waals surface area contributed by atoms with Crippen molar-refractivity contribution < 1.29 is 14.8 Å². The zero-order valence-corrected chi connectivity index (χ0v) is 25.2. The summed E-state index contributed by atoms with van der Waals surface area (Å²) in [6.45, 7) is -0.500. The summed E-state index contributed by atoms with van der Waals surface area (Å²) in [5, 5.41) is 34.8. The predicted octanol–water partition coefficient (Wildman–Crippen LogP) is 6.82. The van der Waals surface area contributed by atoms with E-state index in [2.05, 4.69) is 17.0 Å². The first kappa shape index (κ1) is 31.1. The van der Waals surface area contributed by atoms with Crippen molar-refractivity contribution in [3.8, 4) is 0 Å². The molecule has 0 spiro atoms. The van der Waals surface area contributed by atoms with Gasteiger partial charge in [0.1, 0.15) is 0 Å². The summed E-state index contributed by atoms with van der Waals surface area (Å²) in [5.41, 5.74) is 6.24. The van der Waals surface area contributed by atoms with E-state index < -0.39 is 21.5 Å². The zero-order chi connectivity index (χ0) is 32.1. The fraction of sp³-hybridized carbons (Fsp3) is 0.235. The maximum absolute atomic E-state index is 11.6. The van der Waals surface area contributed by atoms with Gasteiger partial charge in [0.15, 0.2) is 0 Å². The Morgan fingerprint density at radius 3 is 1.53 bits per heavy atom. The van der Waals surface area contributed by atoms with Gasteiger partial charge in [-0.1, -0.05) is 78.1 Å². The molecular weight excluding hydrogens is 571 g/mol. The Bertz CT molecular complexity index is 1670. The molecule has 0 saturated heterocycles. The predicted molar refractivity (Wildman–Crippen MR) is 178 cm³/mol. The topological polar surface area (TPSA) is 133 Å². The first-order valence-electron chi connectivity index (χ1n) is 14.9. The average molecular weight is 604 g/mol. The normalized spacial score (nSPS) is 13.9. The highest BCUT2D eigenvalue weighted by Gasteiger charge is 2.34. The lowest BCUT2D eigenvalue weighted by atomic mass is 9.34. The molecule has 45 heavy (non-hydrogen) atoms. The van der Waals surface area contributed by atoms with Crippen LogP contribution in [0.5, 0.6) is 0 Å². The van der Waals surface area contributed by atoms with Crippen LogP contribution in [0.25, 0.3) is 11.0 Å².